The molecule has 2 N–H and O–H groups in total. The average Bonchev–Trinajstić information content (AvgIpc) is 2.30. The van der Waals surface area contributed by atoms with Crippen molar-refractivity contribution in [2.24, 2.45) is 0 Å². The van der Waals surface area contributed by atoms with Gasteiger partial charge in [0, 0.05) is 0 Å². The zero-order chi connectivity index (χ0) is 15.8. The molecule has 0 aliphatic heterocycles. The lowest BCUT2D eigenvalue weighted by Crippen LogP contribution is -2.54. The normalized spacial score (nSPS) is 28.2. The Balaban J connectivity index is 3.08. The second-order valence-electron chi connectivity index (χ2n) is 7.48. The summed E-state index contributed by atoms with van der Waals surface area (Å²) in [6.45, 7) is 16.5. The minimum Gasteiger partial charge on any atom is -0.410 e. The van der Waals surface area contributed by atoms with Crippen LogP contribution in [-0.4, -0.2) is 36.8 Å². The van der Waals surface area contributed by atoms with Crippen LogP contribution < -0.4 is 0 Å². The van der Waals surface area contributed by atoms with Gasteiger partial charge in [-0.2, -0.15) is 0 Å². The molecule has 0 amide bonds. The van der Waals surface area contributed by atoms with E-state index in [2.05, 4.69) is 40.4 Å². The molecule has 0 radical (unpaired) electrons. The van der Waals surface area contributed by atoms with E-state index in [-0.39, 0.29) is 17.7 Å². The van der Waals surface area contributed by atoms with Crippen molar-refractivity contribution in [1.29, 1.82) is 0 Å². The van der Waals surface area contributed by atoms with Crippen molar-refractivity contribution in [3.63, 3.8) is 0 Å². The van der Waals surface area contributed by atoms with E-state index < -0.39 is 13.9 Å². The van der Waals surface area contributed by atoms with Crippen molar-refractivity contribution in [3.8, 4) is 0 Å². The molecule has 3 nitrogen and oxygen atoms in total. The van der Waals surface area contributed by atoms with Gasteiger partial charge in [0.15, 0.2) is 8.32 Å². The number of aliphatic hydroxyl groups excluding tert-OH is 1. The zero-order valence-corrected chi connectivity index (χ0v) is 14.8. The molecule has 1 aliphatic rings. The fourth-order valence-electron chi connectivity index (χ4n) is 2.26. The summed E-state index contributed by atoms with van der Waals surface area (Å²) in [6, 6.07) is 0. The van der Waals surface area contributed by atoms with E-state index in [9.17, 15) is 10.2 Å². The molecule has 0 bridgehead atoms. The van der Waals surface area contributed by atoms with Crippen molar-refractivity contribution < 1.29 is 14.6 Å². The highest BCUT2D eigenvalue weighted by molar-refractivity contribution is 6.74. The van der Waals surface area contributed by atoms with Gasteiger partial charge in [-0.25, -0.2) is 0 Å². The second-order valence-corrected chi connectivity index (χ2v) is 12.2. The molecule has 20 heavy (non-hydrogen) atoms. The number of hydrogen-bond donors (Lipinski definition) is 2. The van der Waals surface area contributed by atoms with Gasteiger partial charge in [-0.05, 0) is 49.5 Å². The summed E-state index contributed by atoms with van der Waals surface area (Å²) in [4.78, 5) is 0. The van der Waals surface area contributed by atoms with Crippen LogP contribution in [0.15, 0.2) is 23.8 Å². The molecular weight excluding hydrogens is 268 g/mol. The molecule has 1 aliphatic carbocycles. The fraction of sp³-hybridized carbons (Fsp3) is 0.750. The lowest BCUT2D eigenvalue weighted by molar-refractivity contribution is -0.0209. The maximum Gasteiger partial charge on any atom is 0.192 e. The molecule has 0 saturated heterocycles. The molecule has 0 spiro atoms. The molecule has 0 fully saturated rings. The highest BCUT2D eigenvalue weighted by atomic mass is 28.4. The molecule has 116 valence electrons. The topological polar surface area (TPSA) is 49.7 Å². The first-order valence-electron chi connectivity index (χ1n) is 7.31. The summed E-state index contributed by atoms with van der Waals surface area (Å²) >= 11 is 0. The predicted molar refractivity (Wildman–Crippen MR) is 86.2 cm³/mol. The fourth-order valence-corrected chi connectivity index (χ4v) is 3.62. The third-order valence-corrected chi connectivity index (χ3v) is 9.24. The standard InChI is InChI=1S/C16H30O3Si/c1-12-8-9-14(16(18,10-12)13(2)11-17)19-20(6,7)15(3,4)5/h10,14,17-18H,2,8-9,11H2,1,3-7H3/t14-,16+/m1/s1. The van der Waals surface area contributed by atoms with E-state index >= 15 is 0 Å². The van der Waals surface area contributed by atoms with Gasteiger partial charge in [-0.1, -0.05) is 32.9 Å². The summed E-state index contributed by atoms with van der Waals surface area (Å²) in [6.07, 6.45) is 3.18. The second kappa shape index (κ2) is 5.76. The summed E-state index contributed by atoms with van der Waals surface area (Å²) in [5, 5.41) is 20.4. The zero-order valence-electron chi connectivity index (χ0n) is 13.8. The van der Waals surface area contributed by atoms with Crippen LogP contribution in [0.2, 0.25) is 18.1 Å². The summed E-state index contributed by atoms with van der Waals surface area (Å²) in [5.41, 5.74) is 0.296. The predicted octanol–water partition coefficient (Wildman–Crippen LogP) is 3.40. The van der Waals surface area contributed by atoms with E-state index in [1.165, 1.54) is 0 Å². The molecule has 0 aromatic heterocycles. The highest BCUT2D eigenvalue weighted by Crippen LogP contribution is 2.42. The number of rotatable bonds is 4. The van der Waals surface area contributed by atoms with Gasteiger partial charge < -0.3 is 14.6 Å². The van der Waals surface area contributed by atoms with E-state index in [0.29, 0.717) is 5.57 Å². The monoisotopic (exact) mass is 298 g/mol. The Morgan fingerprint density at radius 3 is 2.50 bits per heavy atom. The van der Waals surface area contributed by atoms with E-state index in [4.69, 9.17) is 4.43 Å². The maximum absolute atomic E-state index is 11.0. The lowest BCUT2D eigenvalue weighted by Gasteiger charge is -2.46. The van der Waals surface area contributed by atoms with Crippen LogP contribution in [0.1, 0.15) is 40.5 Å². The maximum atomic E-state index is 11.0. The smallest absolute Gasteiger partial charge is 0.192 e. The summed E-state index contributed by atoms with van der Waals surface area (Å²) in [7, 11) is -1.97. The molecular formula is C16H30O3Si. The average molecular weight is 298 g/mol. The highest BCUT2D eigenvalue weighted by Gasteiger charge is 2.46. The van der Waals surface area contributed by atoms with Gasteiger partial charge in [0.05, 0.1) is 12.7 Å². The molecule has 0 aromatic rings. The number of allylic oxidation sites excluding steroid dienone is 1. The van der Waals surface area contributed by atoms with Gasteiger partial charge in [0.2, 0.25) is 0 Å². The Bertz CT molecular complexity index is 406. The first kappa shape index (κ1) is 17.6. The van der Waals surface area contributed by atoms with Gasteiger partial charge in [-0.15, -0.1) is 0 Å². The van der Waals surface area contributed by atoms with Crippen molar-refractivity contribution in [1.82, 2.24) is 0 Å². The Morgan fingerprint density at radius 2 is 2.05 bits per heavy atom. The number of hydrogen-bond acceptors (Lipinski definition) is 3. The van der Waals surface area contributed by atoms with Crippen LogP contribution in [-0.2, 0) is 4.43 Å². The third kappa shape index (κ3) is 3.42. The Hall–Kier alpha value is -0.423. The van der Waals surface area contributed by atoms with Crippen molar-refractivity contribution in [2.45, 2.75) is 70.4 Å². The van der Waals surface area contributed by atoms with Crippen LogP contribution in [0.25, 0.3) is 0 Å². The SMILES string of the molecule is C=C(CO)[C@@]1(O)C=C(C)CC[C@H]1O[Si](C)(C)C(C)(C)C. The van der Waals surface area contributed by atoms with E-state index in [0.717, 1.165) is 18.4 Å². The first-order valence-corrected chi connectivity index (χ1v) is 10.2. The molecule has 4 heteroatoms. The van der Waals surface area contributed by atoms with Crippen molar-refractivity contribution in [2.75, 3.05) is 6.61 Å². The van der Waals surface area contributed by atoms with Crippen LogP contribution in [0.3, 0.4) is 0 Å². The Kier molecular flexibility index (Phi) is 5.07. The van der Waals surface area contributed by atoms with Gasteiger partial charge in [-0.3, -0.25) is 0 Å². The Labute approximate surface area is 124 Å². The molecule has 2 atom stereocenters. The Morgan fingerprint density at radius 1 is 1.50 bits per heavy atom. The third-order valence-electron chi connectivity index (χ3n) is 4.76. The van der Waals surface area contributed by atoms with Crippen molar-refractivity contribution in [3.05, 3.63) is 23.8 Å². The van der Waals surface area contributed by atoms with Crippen LogP contribution >= 0.6 is 0 Å². The first-order chi connectivity index (χ1) is 8.94. The molecule has 1 rings (SSSR count). The molecule has 0 aromatic carbocycles. The number of aliphatic hydroxyl groups is 2. The lowest BCUT2D eigenvalue weighted by atomic mass is 9.80. The van der Waals surface area contributed by atoms with Gasteiger partial charge >= 0.3 is 0 Å². The molecule has 0 heterocycles. The van der Waals surface area contributed by atoms with Crippen LogP contribution in [0, 0.1) is 0 Å². The van der Waals surface area contributed by atoms with E-state index in [1.54, 1.807) is 0 Å². The van der Waals surface area contributed by atoms with Crippen molar-refractivity contribution >= 4 is 8.32 Å². The molecule has 0 saturated carbocycles. The minimum absolute atomic E-state index is 0.0880. The van der Waals surface area contributed by atoms with Gasteiger partial charge in [0.25, 0.3) is 0 Å². The summed E-state index contributed by atoms with van der Waals surface area (Å²) in [5.74, 6) is 0. The minimum atomic E-state index is -1.97. The quantitative estimate of drug-likeness (QED) is 0.618. The van der Waals surface area contributed by atoms with Crippen LogP contribution in [0.4, 0.5) is 0 Å². The molecule has 0 unspecified atom stereocenters. The van der Waals surface area contributed by atoms with Gasteiger partial charge in [0.1, 0.15) is 5.60 Å². The van der Waals surface area contributed by atoms with E-state index in [1.807, 2.05) is 13.0 Å². The summed E-state index contributed by atoms with van der Waals surface area (Å²) < 4.78 is 6.40. The van der Waals surface area contributed by atoms with Crippen LogP contribution in [0.5, 0.6) is 0 Å². The largest absolute Gasteiger partial charge is 0.410 e.